The molecule has 0 aliphatic carbocycles. The van der Waals surface area contributed by atoms with E-state index in [1.807, 2.05) is 0 Å². The summed E-state index contributed by atoms with van der Waals surface area (Å²) < 4.78 is 14.1. The second-order valence-corrected chi connectivity index (χ2v) is 3.44. The van der Waals surface area contributed by atoms with Gasteiger partial charge in [-0.05, 0) is 12.1 Å². The van der Waals surface area contributed by atoms with Crippen LogP contribution >= 0.6 is 11.3 Å². The summed E-state index contributed by atoms with van der Waals surface area (Å²) in [7, 11) is 0. The summed E-state index contributed by atoms with van der Waals surface area (Å²) in [4.78, 5) is 0. The number of halogens is 1. The molecule has 62 valence electrons. The molecule has 0 aliphatic heterocycles. The summed E-state index contributed by atoms with van der Waals surface area (Å²) in [6.45, 7) is 0. The van der Waals surface area contributed by atoms with Gasteiger partial charge in [-0.1, -0.05) is 0 Å². The quantitative estimate of drug-likeness (QED) is 0.614. The van der Waals surface area contributed by atoms with Gasteiger partial charge in [0, 0.05) is 10.1 Å². The zero-order valence-corrected chi connectivity index (χ0v) is 6.99. The van der Waals surface area contributed by atoms with Gasteiger partial charge >= 0.3 is 0 Å². The predicted molar refractivity (Wildman–Crippen MR) is 50.6 cm³/mol. The molecule has 1 aromatic carbocycles. The lowest BCUT2D eigenvalue weighted by Crippen LogP contribution is -1.91. The maximum Gasteiger partial charge on any atom is 0.156 e. The van der Waals surface area contributed by atoms with Gasteiger partial charge in [0.05, 0.1) is 16.8 Å². The lowest BCUT2D eigenvalue weighted by atomic mass is 10.2. The lowest BCUT2D eigenvalue weighted by molar-refractivity contribution is 0.645. The summed E-state index contributed by atoms with van der Waals surface area (Å²) in [5, 5.41) is 2.16. The molecule has 2 rings (SSSR count). The summed E-state index contributed by atoms with van der Waals surface area (Å²) in [6, 6.07) is 3.32. The third-order valence-corrected chi connectivity index (χ3v) is 2.70. The largest absolute Gasteiger partial charge is 0.397 e. The van der Waals surface area contributed by atoms with Gasteiger partial charge in [0.15, 0.2) is 5.82 Å². The zero-order valence-electron chi connectivity index (χ0n) is 6.17. The van der Waals surface area contributed by atoms with E-state index in [2.05, 4.69) is 0 Å². The summed E-state index contributed by atoms with van der Waals surface area (Å²) in [6.07, 6.45) is 0. The molecule has 0 atom stereocenters. The van der Waals surface area contributed by atoms with Gasteiger partial charge in [-0.3, -0.25) is 0 Å². The van der Waals surface area contributed by atoms with Crippen molar-refractivity contribution in [3.8, 4) is 0 Å². The first-order valence-corrected chi connectivity index (χ1v) is 4.29. The molecule has 0 saturated carbocycles. The van der Waals surface area contributed by atoms with E-state index < -0.39 is 5.82 Å². The van der Waals surface area contributed by atoms with Crippen molar-refractivity contribution in [3.63, 3.8) is 0 Å². The van der Waals surface area contributed by atoms with Crippen LogP contribution in [0.2, 0.25) is 0 Å². The Morgan fingerprint density at radius 1 is 1.17 bits per heavy atom. The first-order valence-electron chi connectivity index (χ1n) is 3.41. The van der Waals surface area contributed by atoms with Crippen LogP contribution in [-0.2, 0) is 0 Å². The van der Waals surface area contributed by atoms with E-state index in [4.69, 9.17) is 11.5 Å². The highest BCUT2D eigenvalue weighted by Gasteiger charge is 2.08. The summed E-state index contributed by atoms with van der Waals surface area (Å²) >= 11 is 1.42. The molecule has 1 aromatic heterocycles. The molecule has 2 nitrogen and oxygen atoms in total. The van der Waals surface area contributed by atoms with Crippen LogP contribution in [0.25, 0.3) is 10.1 Å². The van der Waals surface area contributed by atoms with Gasteiger partial charge in [0.2, 0.25) is 0 Å². The molecule has 0 aliphatic rings. The molecule has 0 unspecified atom stereocenters. The van der Waals surface area contributed by atoms with Crippen LogP contribution in [-0.4, -0.2) is 0 Å². The van der Waals surface area contributed by atoms with Crippen molar-refractivity contribution in [2.45, 2.75) is 0 Å². The predicted octanol–water partition coefficient (Wildman–Crippen LogP) is 2.20. The molecule has 4 heteroatoms. The van der Waals surface area contributed by atoms with E-state index in [1.54, 1.807) is 17.5 Å². The first kappa shape index (κ1) is 7.36. The van der Waals surface area contributed by atoms with Crippen molar-refractivity contribution in [3.05, 3.63) is 23.3 Å². The molecule has 0 bridgehead atoms. The molecule has 4 N–H and O–H groups in total. The van der Waals surface area contributed by atoms with Crippen molar-refractivity contribution in [1.29, 1.82) is 0 Å². The normalized spacial score (nSPS) is 10.8. The Balaban J connectivity index is 2.96. The van der Waals surface area contributed by atoms with Crippen molar-refractivity contribution in [2.24, 2.45) is 0 Å². The Morgan fingerprint density at radius 3 is 2.67 bits per heavy atom. The minimum absolute atomic E-state index is 0.146. The molecule has 0 fully saturated rings. The molecule has 12 heavy (non-hydrogen) atoms. The maximum absolute atomic E-state index is 13.3. The van der Waals surface area contributed by atoms with Gasteiger partial charge in [-0.15, -0.1) is 11.3 Å². The first-order chi connectivity index (χ1) is 5.70. The molecule has 2 aromatic rings. The van der Waals surface area contributed by atoms with Crippen LogP contribution < -0.4 is 11.5 Å². The highest BCUT2D eigenvalue weighted by molar-refractivity contribution is 7.17. The Hall–Kier alpha value is -1.29. The second-order valence-electron chi connectivity index (χ2n) is 2.53. The number of nitrogens with two attached hydrogens (primary N) is 2. The molecule has 0 radical (unpaired) electrons. The maximum atomic E-state index is 13.3. The fourth-order valence-corrected chi connectivity index (χ4v) is 1.97. The van der Waals surface area contributed by atoms with E-state index in [-0.39, 0.29) is 5.69 Å². The van der Waals surface area contributed by atoms with Gasteiger partial charge < -0.3 is 11.5 Å². The molecule has 0 amide bonds. The third kappa shape index (κ3) is 0.848. The van der Waals surface area contributed by atoms with Crippen LogP contribution in [0.1, 0.15) is 0 Å². The fraction of sp³-hybridized carbons (Fsp3) is 0. The number of rotatable bonds is 0. The Labute approximate surface area is 72.6 Å². The van der Waals surface area contributed by atoms with Crippen LogP contribution in [0, 0.1) is 5.82 Å². The topological polar surface area (TPSA) is 52.0 Å². The van der Waals surface area contributed by atoms with Gasteiger partial charge in [-0.2, -0.15) is 0 Å². The molecule has 1 heterocycles. The van der Waals surface area contributed by atoms with E-state index in [9.17, 15) is 4.39 Å². The third-order valence-electron chi connectivity index (χ3n) is 1.74. The number of anilines is 2. The number of hydrogen-bond acceptors (Lipinski definition) is 3. The van der Waals surface area contributed by atoms with Gasteiger partial charge in [0.1, 0.15) is 0 Å². The molecule has 0 saturated heterocycles. The highest BCUT2D eigenvalue weighted by Crippen LogP contribution is 2.32. The van der Waals surface area contributed by atoms with E-state index in [1.165, 1.54) is 11.3 Å². The van der Waals surface area contributed by atoms with Crippen molar-refractivity contribution in [2.75, 3.05) is 11.5 Å². The van der Waals surface area contributed by atoms with Gasteiger partial charge in [0.25, 0.3) is 0 Å². The number of benzene rings is 1. The minimum atomic E-state index is -0.411. The average Bonchev–Trinajstić information content (AvgIpc) is 2.41. The van der Waals surface area contributed by atoms with Gasteiger partial charge in [-0.25, -0.2) is 4.39 Å². The molecule has 0 spiro atoms. The van der Waals surface area contributed by atoms with Crippen LogP contribution in [0.4, 0.5) is 15.8 Å². The monoisotopic (exact) mass is 182 g/mol. The molecular weight excluding hydrogens is 175 g/mol. The van der Waals surface area contributed by atoms with Crippen LogP contribution in [0.5, 0.6) is 0 Å². The average molecular weight is 182 g/mol. The smallest absolute Gasteiger partial charge is 0.156 e. The standard InChI is InChI=1S/C8H7FN2S/c9-8-4(10)1-2-6-7(8)5(11)3-12-6/h1-3H,10-11H2. The van der Waals surface area contributed by atoms with E-state index >= 15 is 0 Å². The Morgan fingerprint density at radius 2 is 1.92 bits per heavy atom. The Bertz CT molecular complexity index is 436. The summed E-state index contributed by atoms with van der Waals surface area (Å²) in [5.41, 5.74) is 11.6. The number of fused-ring (bicyclic) bond motifs is 1. The Kier molecular flexibility index (Phi) is 1.44. The van der Waals surface area contributed by atoms with Crippen molar-refractivity contribution >= 4 is 32.8 Å². The number of nitrogen functional groups attached to an aromatic ring is 2. The van der Waals surface area contributed by atoms with E-state index in [0.29, 0.717) is 11.1 Å². The SMILES string of the molecule is Nc1ccc2scc(N)c2c1F. The lowest BCUT2D eigenvalue weighted by Gasteiger charge is -1.97. The van der Waals surface area contributed by atoms with E-state index in [0.717, 1.165) is 4.70 Å². The van der Waals surface area contributed by atoms with Crippen LogP contribution in [0.3, 0.4) is 0 Å². The second kappa shape index (κ2) is 2.35. The van der Waals surface area contributed by atoms with Crippen molar-refractivity contribution in [1.82, 2.24) is 0 Å². The van der Waals surface area contributed by atoms with Crippen LogP contribution in [0.15, 0.2) is 17.5 Å². The zero-order chi connectivity index (χ0) is 8.72. The number of hydrogen-bond donors (Lipinski definition) is 2. The minimum Gasteiger partial charge on any atom is -0.397 e. The summed E-state index contributed by atoms with van der Waals surface area (Å²) in [5.74, 6) is -0.411. The fourth-order valence-electron chi connectivity index (χ4n) is 1.13. The highest BCUT2D eigenvalue weighted by atomic mass is 32.1. The molecular formula is C8H7FN2S. The number of thiophene rings is 1. The van der Waals surface area contributed by atoms with Crippen molar-refractivity contribution < 1.29 is 4.39 Å².